The van der Waals surface area contributed by atoms with Gasteiger partial charge in [0.05, 0.1) is 17.2 Å². The maximum Gasteiger partial charge on any atom is 0.197 e. The van der Waals surface area contributed by atoms with E-state index in [0.717, 1.165) is 11.3 Å². The van der Waals surface area contributed by atoms with Crippen molar-refractivity contribution in [1.29, 1.82) is 10.7 Å². The molecule has 0 unspecified atom stereocenters. The summed E-state index contributed by atoms with van der Waals surface area (Å²) >= 11 is 0. The number of halogens is 1. The van der Waals surface area contributed by atoms with E-state index < -0.39 is 0 Å². The van der Waals surface area contributed by atoms with Crippen LogP contribution in [0.2, 0.25) is 0 Å². The lowest BCUT2D eigenvalue weighted by Gasteiger charge is -2.19. The number of para-hydroxylation sites is 1. The second-order valence-electron chi connectivity index (χ2n) is 5.58. The first-order valence-corrected chi connectivity index (χ1v) is 7.74. The number of hydrogen-bond acceptors (Lipinski definition) is 4. The molecule has 0 amide bonds. The number of nitrogens with two attached hydrogens (primary N) is 1. The highest BCUT2D eigenvalue weighted by Gasteiger charge is 2.22. The van der Waals surface area contributed by atoms with Crippen molar-refractivity contribution in [2.45, 2.75) is 0 Å². The number of Topliss-reactive ketones (excluding diaryl/α,β-unsaturated/α-hetero) is 1. The predicted molar refractivity (Wildman–Crippen MR) is 106 cm³/mol. The molecule has 1 aliphatic heterocycles. The number of nitrogens with zero attached hydrogens (tertiary/aromatic N) is 1. The van der Waals surface area contributed by atoms with Gasteiger partial charge in [0.1, 0.15) is 5.84 Å². The molecule has 1 aliphatic rings. The summed E-state index contributed by atoms with van der Waals surface area (Å²) in [7, 11) is 0. The Morgan fingerprint density at radius 2 is 1.88 bits per heavy atom. The largest absolute Gasteiger partial charge is 0.384 e. The summed E-state index contributed by atoms with van der Waals surface area (Å²) in [5.41, 5.74) is 9.25. The summed E-state index contributed by atoms with van der Waals surface area (Å²) < 4.78 is 0. The van der Waals surface area contributed by atoms with Crippen molar-refractivity contribution in [3.05, 3.63) is 76.9 Å². The van der Waals surface area contributed by atoms with Gasteiger partial charge in [-0.25, -0.2) is 0 Å². The molecule has 0 saturated heterocycles. The molecule has 0 fully saturated rings. The van der Waals surface area contributed by atoms with E-state index in [1.54, 1.807) is 36.4 Å². The Hall–Kier alpha value is -3.36. The molecule has 4 N–H and O–H groups in total. The van der Waals surface area contributed by atoms with Crippen LogP contribution in [0.4, 0.5) is 5.69 Å². The van der Waals surface area contributed by atoms with E-state index in [0.29, 0.717) is 23.2 Å². The number of allylic oxidation sites excluding steroid dienone is 1. The van der Waals surface area contributed by atoms with Crippen molar-refractivity contribution in [3.8, 4) is 6.07 Å². The van der Waals surface area contributed by atoms with E-state index in [1.165, 1.54) is 0 Å². The van der Waals surface area contributed by atoms with Crippen molar-refractivity contribution < 1.29 is 4.79 Å². The lowest BCUT2D eigenvalue weighted by molar-refractivity contribution is -0.110. The van der Waals surface area contributed by atoms with Crippen molar-refractivity contribution >= 4 is 41.4 Å². The van der Waals surface area contributed by atoms with Gasteiger partial charge in [-0.05, 0) is 29.8 Å². The molecule has 3 rings (SSSR count). The number of benzene rings is 2. The lowest BCUT2D eigenvalue weighted by Crippen LogP contribution is -2.22. The maximum atomic E-state index is 13.0. The zero-order valence-corrected chi connectivity index (χ0v) is 14.6. The molecule has 0 aromatic heterocycles. The molecule has 6 heteroatoms. The standard InChI is InChI=1S/C20H16N4O.ClH/c21-12-14-7-5-13(6-8-14)11-17(20(22)23)19(25)16-9-10-24-18-4-2-1-3-15(16)18;/h1-9,11,24H,10H2,(H3,22,23);1H/b17-11-;. The summed E-state index contributed by atoms with van der Waals surface area (Å²) in [5, 5.41) is 19.9. The van der Waals surface area contributed by atoms with E-state index >= 15 is 0 Å². The first kappa shape index (κ1) is 19.0. The monoisotopic (exact) mass is 364 g/mol. The van der Waals surface area contributed by atoms with Crippen LogP contribution in [-0.2, 0) is 4.79 Å². The van der Waals surface area contributed by atoms with Crippen LogP contribution in [0.3, 0.4) is 0 Å². The van der Waals surface area contributed by atoms with Crippen molar-refractivity contribution in [3.63, 3.8) is 0 Å². The van der Waals surface area contributed by atoms with Crippen molar-refractivity contribution in [2.24, 2.45) is 5.73 Å². The average molecular weight is 365 g/mol. The number of amidine groups is 1. The molecule has 0 atom stereocenters. The number of carbonyl (C=O) groups is 1. The molecule has 0 radical (unpaired) electrons. The van der Waals surface area contributed by atoms with Crippen LogP contribution in [0.5, 0.6) is 0 Å². The van der Waals surface area contributed by atoms with Crippen LogP contribution in [0.1, 0.15) is 16.7 Å². The first-order valence-electron chi connectivity index (χ1n) is 7.74. The van der Waals surface area contributed by atoms with Crippen molar-refractivity contribution in [1.82, 2.24) is 0 Å². The second-order valence-corrected chi connectivity index (χ2v) is 5.58. The summed E-state index contributed by atoms with van der Waals surface area (Å²) in [6, 6.07) is 16.4. The average Bonchev–Trinajstić information content (AvgIpc) is 2.65. The molecule has 5 nitrogen and oxygen atoms in total. The van der Waals surface area contributed by atoms with Crippen LogP contribution in [-0.4, -0.2) is 18.2 Å². The van der Waals surface area contributed by atoms with E-state index in [4.69, 9.17) is 16.4 Å². The number of anilines is 1. The summed E-state index contributed by atoms with van der Waals surface area (Å²) in [6.07, 6.45) is 3.39. The number of nitriles is 1. The Morgan fingerprint density at radius 1 is 1.19 bits per heavy atom. The first-order chi connectivity index (χ1) is 12.1. The number of ketones is 1. The van der Waals surface area contributed by atoms with Gasteiger partial charge in [-0.3, -0.25) is 10.2 Å². The van der Waals surface area contributed by atoms with Crippen LogP contribution in [0, 0.1) is 16.7 Å². The fraction of sp³-hybridized carbons (Fsp3) is 0.0500. The van der Waals surface area contributed by atoms with Gasteiger partial charge in [0, 0.05) is 23.4 Å². The second kappa shape index (κ2) is 8.15. The Balaban J connectivity index is 0.00000243. The summed E-state index contributed by atoms with van der Waals surface area (Å²) in [6.45, 7) is 0.542. The quantitative estimate of drug-likeness (QED) is 0.439. The highest BCUT2D eigenvalue weighted by atomic mass is 35.5. The topological polar surface area (TPSA) is 103 Å². The molecule has 0 bridgehead atoms. The normalized spacial score (nSPS) is 12.6. The zero-order valence-electron chi connectivity index (χ0n) is 13.8. The van der Waals surface area contributed by atoms with Gasteiger partial charge in [0.25, 0.3) is 0 Å². The Kier molecular flexibility index (Phi) is 5.94. The lowest BCUT2D eigenvalue weighted by atomic mass is 9.91. The fourth-order valence-corrected chi connectivity index (χ4v) is 2.69. The number of carbonyl (C=O) groups excluding carboxylic acids is 1. The number of nitrogens with one attached hydrogen (secondary N) is 2. The Bertz CT molecular complexity index is 953. The van der Waals surface area contributed by atoms with E-state index in [1.807, 2.05) is 30.3 Å². The molecule has 2 aromatic carbocycles. The fourth-order valence-electron chi connectivity index (χ4n) is 2.69. The van der Waals surface area contributed by atoms with Crippen LogP contribution >= 0.6 is 12.4 Å². The molecule has 0 saturated carbocycles. The van der Waals surface area contributed by atoms with Crippen LogP contribution in [0.25, 0.3) is 11.6 Å². The van der Waals surface area contributed by atoms with Gasteiger partial charge >= 0.3 is 0 Å². The van der Waals surface area contributed by atoms with Crippen molar-refractivity contribution in [2.75, 3.05) is 11.9 Å². The number of hydrogen-bond donors (Lipinski definition) is 3. The maximum absolute atomic E-state index is 13.0. The third kappa shape index (κ3) is 3.82. The van der Waals surface area contributed by atoms with E-state index in [2.05, 4.69) is 5.32 Å². The molecule has 2 aromatic rings. The highest BCUT2D eigenvalue weighted by molar-refractivity contribution is 6.40. The van der Waals surface area contributed by atoms with Gasteiger partial charge in [0.15, 0.2) is 5.78 Å². The number of fused-ring (bicyclic) bond motifs is 1. The third-order valence-electron chi connectivity index (χ3n) is 3.95. The van der Waals surface area contributed by atoms with Gasteiger partial charge in [0.2, 0.25) is 0 Å². The SMILES string of the molecule is Cl.N#Cc1ccc(/C=C(\C(=N)N)C(=O)C2=CCNc3ccccc32)cc1. The molecule has 0 spiro atoms. The van der Waals surface area contributed by atoms with Gasteiger partial charge in [-0.2, -0.15) is 5.26 Å². The molecular formula is C20H17ClN4O. The van der Waals surface area contributed by atoms with Crippen LogP contribution < -0.4 is 11.1 Å². The molecule has 1 heterocycles. The minimum Gasteiger partial charge on any atom is -0.384 e. The molecular weight excluding hydrogens is 348 g/mol. The molecule has 0 aliphatic carbocycles. The highest BCUT2D eigenvalue weighted by Crippen LogP contribution is 2.29. The zero-order chi connectivity index (χ0) is 17.8. The molecule has 26 heavy (non-hydrogen) atoms. The molecule has 130 valence electrons. The number of rotatable bonds is 4. The van der Waals surface area contributed by atoms with E-state index in [9.17, 15) is 4.79 Å². The van der Waals surface area contributed by atoms with Gasteiger partial charge < -0.3 is 11.1 Å². The van der Waals surface area contributed by atoms with E-state index in [-0.39, 0.29) is 29.6 Å². The van der Waals surface area contributed by atoms with Gasteiger partial charge in [-0.1, -0.05) is 36.4 Å². The Labute approximate surface area is 157 Å². The summed E-state index contributed by atoms with van der Waals surface area (Å²) in [4.78, 5) is 13.0. The predicted octanol–water partition coefficient (Wildman–Crippen LogP) is 3.38. The minimum atomic E-state index is -0.286. The smallest absolute Gasteiger partial charge is 0.197 e. The summed E-state index contributed by atoms with van der Waals surface area (Å²) in [5.74, 6) is -0.572. The minimum absolute atomic E-state index is 0. The van der Waals surface area contributed by atoms with Crippen LogP contribution in [0.15, 0.2) is 60.2 Å². The van der Waals surface area contributed by atoms with Gasteiger partial charge in [-0.15, -0.1) is 12.4 Å². The Morgan fingerprint density at radius 3 is 2.54 bits per heavy atom. The third-order valence-corrected chi connectivity index (χ3v) is 3.95.